The van der Waals surface area contributed by atoms with Gasteiger partial charge < -0.3 is 5.32 Å². The third kappa shape index (κ3) is 5.07. The normalized spacial score (nSPS) is 16.0. The van der Waals surface area contributed by atoms with Crippen molar-refractivity contribution in [1.82, 2.24) is 14.3 Å². The van der Waals surface area contributed by atoms with Crippen LogP contribution in [0.4, 0.5) is 18.3 Å². The third-order valence-corrected chi connectivity index (χ3v) is 8.04. The molecule has 174 valence electrons. The number of nitrogens with one attached hydrogen (secondary N) is 1. The van der Waals surface area contributed by atoms with Crippen molar-refractivity contribution in [3.63, 3.8) is 0 Å². The first-order valence-electron chi connectivity index (χ1n) is 9.99. The molecule has 1 N–H and O–H groups in total. The molecule has 12 heteroatoms. The Balaban J connectivity index is 1.40. The largest absolute Gasteiger partial charge is 0.417 e. The quantitative estimate of drug-likeness (QED) is 0.570. The molecular formula is C21H19F3N4O3S2. The summed E-state index contributed by atoms with van der Waals surface area (Å²) < 4.78 is 66.6. The molecule has 0 saturated carbocycles. The van der Waals surface area contributed by atoms with Gasteiger partial charge in [-0.25, -0.2) is 13.4 Å². The van der Waals surface area contributed by atoms with E-state index in [-0.39, 0.29) is 31.8 Å². The van der Waals surface area contributed by atoms with Crippen LogP contribution in [-0.4, -0.2) is 41.7 Å². The Bertz CT molecular complexity index is 1240. The topological polar surface area (TPSA) is 92.3 Å². The zero-order chi connectivity index (χ0) is 23.6. The van der Waals surface area contributed by atoms with Crippen molar-refractivity contribution in [3.8, 4) is 11.3 Å². The summed E-state index contributed by atoms with van der Waals surface area (Å²) in [5.41, 5.74) is 0.289. The van der Waals surface area contributed by atoms with E-state index in [1.54, 1.807) is 23.8 Å². The Morgan fingerprint density at radius 1 is 1.12 bits per heavy atom. The molecule has 0 aliphatic carbocycles. The molecular weight excluding hydrogens is 477 g/mol. The molecule has 1 saturated heterocycles. The number of hydrogen-bond donors (Lipinski definition) is 1. The average molecular weight is 497 g/mol. The van der Waals surface area contributed by atoms with Crippen molar-refractivity contribution >= 4 is 32.4 Å². The van der Waals surface area contributed by atoms with Gasteiger partial charge in [-0.2, -0.15) is 17.5 Å². The van der Waals surface area contributed by atoms with E-state index in [2.05, 4.69) is 15.3 Å². The summed E-state index contributed by atoms with van der Waals surface area (Å²) >= 11 is 1.26. The molecule has 1 aromatic carbocycles. The van der Waals surface area contributed by atoms with E-state index in [1.807, 2.05) is 6.07 Å². The molecule has 1 aliphatic rings. The summed E-state index contributed by atoms with van der Waals surface area (Å²) in [6.45, 7) is -0.100. The number of sulfonamides is 1. The van der Waals surface area contributed by atoms with Gasteiger partial charge in [0.25, 0.3) is 0 Å². The SMILES string of the molecule is O=C(Nc1nc(-c2cccnc2)cs1)C1CCN(S(=O)(=O)c2ccccc2C(F)(F)F)CC1. The van der Waals surface area contributed by atoms with Gasteiger partial charge in [-0.1, -0.05) is 12.1 Å². The minimum Gasteiger partial charge on any atom is -0.302 e. The summed E-state index contributed by atoms with van der Waals surface area (Å²) in [7, 11) is -4.35. The van der Waals surface area contributed by atoms with Crippen LogP contribution in [0.5, 0.6) is 0 Å². The lowest BCUT2D eigenvalue weighted by Gasteiger charge is -2.31. The molecule has 2 aromatic heterocycles. The van der Waals surface area contributed by atoms with Crippen molar-refractivity contribution < 1.29 is 26.4 Å². The fourth-order valence-corrected chi connectivity index (χ4v) is 6.01. The van der Waals surface area contributed by atoms with Gasteiger partial charge in [0.05, 0.1) is 16.2 Å². The molecule has 1 fully saturated rings. The van der Waals surface area contributed by atoms with Crippen LogP contribution in [0.1, 0.15) is 18.4 Å². The van der Waals surface area contributed by atoms with Crippen LogP contribution in [0.3, 0.4) is 0 Å². The molecule has 0 unspecified atom stereocenters. The second-order valence-electron chi connectivity index (χ2n) is 7.44. The molecule has 0 atom stereocenters. The number of nitrogens with zero attached hydrogens (tertiary/aromatic N) is 3. The van der Waals surface area contributed by atoms with Crippen molar-refractivity contribution in [3.05, 3.63) is 59.7 Å². The smallest absolute Gasteiger partial charge is 0.302 e. The van der Waals surface area contributed by atoms with E-state index in [9.17, 15) is 26.4 Å². The Morgan fingerprint density at radius 3 is 2.52 bits per heavy atom. The Hall–Kier alpha value is -2.83. The molecule has 0 radical (unpaired) electrons. The second kappa shape index (κ2) is 9.20. The van der Waals surface area contributed by atoms with E-state index in [0.717, 1.165) is 28.1 Å². The number of benzene rings is 1. The summed E-state index contributed by atoms with van der Waals surface area (Å²) in [4.78, 5) is 20.3. The predicted octanol–water partition coefficient (Wildman–Crippen LogP) is 4.26. The minimum absolute atomic E-state index is 0.0502. The Morgan fingerprint density at radius 2 is 1.85 bits per heavy atom. The maximum atomic E-state index is 13.3. The summed E-state index contributed by atoms with van der Waals surface area (Å²) in [6, 6.07) is 7.75. The molecule has 0 bridgehead atoms. The molecule has 1 aliphatic heterocycles. The van der Waals surface area contributed by atoms with E-state index >= 15 is 0 Å². The highest BCUT2D eigenvalue weighted by atomic mass is 32.2. The highest BCUT2D eigenvalue weighted by molar-refractivity contribution is 7.89. The summed E-state index contributed by atoms with van der Waals surface area (Å²) in [5, 5.41) is 4.95. The number of anilines is 1. The van der Waals surface area contributed by atoms with Crippen LogP contribution in [0.25, 0.3) is 11.3 Å². The third-order valence-electron chi connectivity index (χ3n) is 5.33. The summed E-state index contributed by atoms with van der Waals surface area (Å²) in [5.74, 6) is -0.769. The van der Waals surface area contributed by atoms with E-state index in [4.69, 9.17) is 0 Å². The molecule has 7 nitrogen and oxygen atoms in total. The number of thiazole rings is 1. The molecule has 3 heterocycles. The van der Waals surface area contributed by atoms with Crippen LogP contribution in [-0.2, 0) is 21.0 Å². The monoisotopic (exact) mass is 496 g/mol. The van der Waals surface area contributed by atoms with Gasteiger partial charge in [0.15, 0.2) is 5.13 Å². The Kier molecular flexibility index (Phi) is 6.50. The predicted molar refractivity (Wildman–Crippen MR) is 117 cm³/mol. The van der Waals surface area contributed by atoms with Crippen LogP contribution >= 0.6 is 11.3 Å². The fraction of sp³-hybridized carbons (Fsp3) is 0.286. The molecule has 3 aromatic rings. The fourth-order valence-electron chi connectivity index (χ4n) is 3.61. The van der Waals surface area contributed by atoms with Crippen molar-refractivity contribution in [2.24, 2.45) is 5.92 Å². The number of rotatable bonds is 5. The standard InChI is InChI=1S/C21H19F3N4O3S2/c22-21(23,24)16-5-1-2-6-18(16)33(30,31)28-10-7-14(8-11-28)19(29)27-20-26-17(13-32-20)15-4-3-9-25-12-15/h1-6,9,12-14H,7-8,10-11H2,(H,26,27,29). The van der Waals surface area contributed by atoms with E-state index in [1.165, 1.54) is 17.4 Å². The van der Waals surface area contributed by atoms with Gasteiger partial charge in [-0.15, -0.1) is 11.3 Å². The molecule has 4 rings (SSSR count). The maximum absolute atomic E-state index is 13.3. The van der Waals surface area contributed by atoms with Gasteiger partial charge >= 0.3 is 6.18 Å². The second-order valence-corrected chi connectivity index (χ2v) is 10.2. The zero-order valence-corrected chi connectivity index (χ0v) is 18.8. The lowest BCUT2D eigenvalue weighted by molar-refractivity contribution is -0.139. The first kappa shape index (κ1) is 23.3. The molecule has 1 amide bonds. The lowest BCUT2D eigenvalue weighted by Crippen LogP contribution is -2.41. The number of amides is 1. The van der Waals surface area contributed by atoms with Gasteiger partial charge in [0.1, 0.15) is 0 Å². The maximum Gasteiger partial charge on any atom is 0.417 e. The highest BCUT2D eigenvalue weighted by Crippen LogP contribution is 2.36. The molecule has 33 heavy (non-hydrogen) atoms. The van der Waals surface area contributed by atoms with E-state index < -0.39 is 32.6 Å². The van der Waals surface area contributed by atoms with E-state index in [0.29, 0.717) is 10.8 Å². The summed E-state index contributed by atoms with van der Waals surface area (Å²) in [6.07, 6.45) is -1.09. The lowest BCUT2D eigenvalue weighted by atomic mass is 9.97. The zero-order valence-electron chi connectivity index (χ0n) is 17.1. The van der Waals surface area contributed by atoms with Gasteiger partial charge in [0, 0.05) is 42.3 Å². The number of alkyl halides is 3. The first-order chi connectivity index (χ1) is 15.7. The van der Waals surface area contributed by atoms with Crippen LogP contribution in [0.2, 0.25) is 0 Å². The van der Waals surface area contributed by atoms with Crippen LogP contribution in [0.15, 0.2) is 59.1 Å². The number of hydrogen-bond acceptors (Lipinski definition) is 6. The number of aromatic nitrogens is 2. The van der Waals surface area contributed by atoms with Gasteiger partial charge in [-0.3, -0.25) is 9.78 Å². The van der Waals surface area contributed by atoms with Crippen LogP contribution in [0, 0.1) is 5.92 Å². The minimum atomic E-state index is -4.79. The molecule has 0 spiro atoms. The number of piperidine rings is 1. The number of halogens is 3. The Labute approximate surface area is 192 Å². The first-order valence-corrected chi connectivity index (χ1v) is 12.3. The van der Waals surface area contributed by atoms with Crippen molar-refractivity contribution in [1.29, 1.82) is 0 Å². The number of carbonyl (C=O) groups excluding carboxylic acids is 1. The number of pyridine rings is 1. The van der Waals surface area contributed by atoms with Crippen LogP contribution < -0.4 is 5.32 Å². The number of carbonyl (C=O) groups is 1. The van der Waals surface area contributed by atoms with Gasteiger partial charge in [0.2, 0.25) is 15.9 Å². The average Bonchev–Trinajstić information content (AvgIpc) is 3.27. The van der Waals surface area contributed by atoms with Crippen molar-refractivity contribution in [2.45, 2.75) is 23.9 Å². The van der Waals surface area contributed by atoms with Gasteiger partial charge in [-0.05, 0) is 37.1 Å². The van der Waals surface area contributed by atoms with Crippen molar-refractivity contribution in [2.75, 3.05) is 18.4 Å². The highest BCUT2D eigenvalue weighted by Gasteiger charge is 2.40.